The smallest absolute Gasteiger partial charge is 0.291 e. The van der Waals surface area contributed by atoms with Crippen molar-refractivity contribution in [3.05, 3.63) is 88.3 Å². The molecule has 0 aliphatic heterocycles. The number of pyridine rings is 1. The molecule has 0 amide bonds. The Kier molecular flexibility index (Phi) is 6.09. The number of alkyl halides is 2. The lowest BCUT2D eigenvalue weighted by Gasteiger charge is -2.07. The van der Waals surface area contributed by atoms with Crippen molar-refractivity contribution < 1.29 is 13.2 Å². The maximum absolute atomic E-state index is 13.5. The molecule has 4 nitrogen and oxygen atoms in total. The van der Waals surface area contributed by atoms with Crippen molar-refractivity contribution in [3.63, 3.8) is 0 Å². The highest BCUT2D eigenvalue weighted by atomic mass is 35.5. The molecular formula is C23H14ClF3N4S2. The van der Waals surface area contributed by atoms with Gasteiger partial charge in [-0.15, -0.1) is 22.0 Å². The predicted molar refractivity (Wildman–Crippen MR) is 125 cm³/mol. The zero-order valence-corrected chi connectivity index (χ0v) is 19.1. The molecule has 0 radical (unpaired) electrons. The summed E-state index contributed by atoms with van der Waals surface area (Å²) in [7, 11) is 0. The van der Waals surface area contributed by atoms with Gasteiger partial charge < -0.3 is 0 Å². The van der Waals surface area contributed by atoms with E-state index in [0.29, 0.717) is 27.6 Å². The third-order valence-corrected chi connectivity index (χ3v) is 7.10. The molecule has 0 bridgehead atoms. The van der Waals surface area contributed by atoms with E-state index in [1.54, 1.807) is 28.3 Å². The minimum Gasteiger partial charge on any atom is -0.295 e. The highest BCUT2D eigenvalue weighted by Crippen LogP contribution is 2.39. The molecule has 0 fully saturated rings. The molecular weight excluding hydrogens is 489 g/mol. The van der Waals surface area contributed by atoms with Crippen LogP contribution in [0.2, 0.25) is 5.02 Å². The van der Waals surface area contributed by atoms with Crippen molar-refractivity contribution in [3.8, 4) is 22.0 Å². The fourth-order valence-electron chi connectivity index (χ4n) is 3.33. The van der Waals surface area contributed by atoms with E-state index in [9.17, 15) is 13.2 Å². The molecule has 3 aromatic heterocycles. The van der Waals surface area contributed by atoms with Gasteiger partial charge in [-0.3, -0.25) is 4.40 Å². The van der Waals surface area contributed by atoms with Crippen LogP contribution >= 0.6 is 34.7 Å². The summed E-state index contributed by atoms with van der Waals surface area (Å²) in [4.78, 5) is 5.53. The second-order valence-corrected chi connectivity index (χ2v) is 9.52. The number of benzene rings is 2. The third-order valence-electron chi connectivity index (χ3n) is 4.85. The molecule has 10 heteroatoms. The van der Waals surface area contributed by atoms with Crippen LogP contribution in [-0.4, -0.2) is 19.6 Å². The molecule has 0 N–H and O–H groups in total. The molecule has 0 unspecified atom stereocenters. The molecule has 0 spiro atoms. The first-order valence-corrected chi connectivity index (χ1v) is 11.9. The lowest BCUT2D eigenvalue weighted by atomic mass is 10.1. The summed E-state index contributed by atoms with van der Waals surface area (Å²) in [5.74, 6) is 0.337. The van der Waals surface area contributed by atoms with Gasteiger partial charge in [-0.05, 0) is 35.9 Å². The number of imidazole rings is 1. The lowest BCUT2D eigenvalue weighted by molar-refractivity contribution is 0.150. The molecule has 33 heavy (non-hydrogen) atoms. The number of hydrogen-bond donors (Lipinski definition) is 0. The average molecular weight is 503 g/mol. The number of rotatable bonds is 6. The van der Waals surface area contributed by atoms with Crippen molar-refractivity contribution >= 4 is 40.3 Å². The number of aromatic nitrogens is 4. The molecule has 5 rings (SSSR count). The maximum atomic E-state index is 13.5. The Bertz CT molecular complexity index is 1420. The van der Waals surface area contributed by atoms with Crippen molar-refractivity contribution in [2.45, 2.75) is 17.1 Å². The van der Waals surface area contributed by atoms with E-state index in [1.165, 1.54) is 12.1 Å². The van der Waals surface area contributed by atoms with Gasteiger partial charge in [-0.25, -0.2) is 18.2 Å². The average Bonchev–Trinajstić information content (AvgIpc) is 3.44. The minimum absolute atomic E-state index is 0.276. The summed E-state index contributed by atoms with van der Waals surface area (Å²) >= 11 is 8.95. The largest absolute Gasteiger partial charge is 0.295 e. The minimum atomic E-state index is -2.73. The second kappa shape index (κ2) is 9.17. The monoisotopic (exact) mass is 502 g/mol. The predicted octanol–water partition coefficient (Wildman–Crippen LogP) is 7.54. The summed E-state index contributed by atoms with van der Waals surface area (Å²) in [6.45, 7) is 0. The zero-order valence-electron chi connectivity index (χ0n) is 16.8. The summed E-state index contributed by atoms with van der Waals surface area (Å²) in [6, 6.07) is 17.6. The molecule has 166 valence electrons. The summed E-state index contributed by atoms with van der Waals surface area (Å²) in [5.41, 5.74) is 3.15. The Morgan fingerprint density at radius 1 is 1.03 bits per heavy atom. The lowest BCUT2D eigenvalue weighted by Crippen LogP contribution is -1.92. The van der Waals surface area contributed by atoms with E-state index in [0.717, 1.165) is 27.5 Å². The van der Waals surface area contributed by atoms with E-state index >= 15 is 0 Å². The van der Waals surface area contributed by atoms with Crippen molar-refractivity contribution in [2.24, 2.45) is 0 Å². The summed E-state index contributed by atoms with van der Waals surface area (Å²) in [5, 5.41) is 7.91. The first-order chi connectivity index (χ1) is 16.0. The van der Waals surface area contributed by atoms with Gasteiger partial charge in [0.15, 0.2) is 15.7 Å². The first-order valence-electron chi connectivity index (χ1n) is 9.76. The number of hydrogen-bond acceptors (Lipinski definition) is 5. The fourth-order valence-corrected chi connectivity index (χ4v) is 5.30. The van der Waals surface area contributed by atoms with Crippen molar-refractivity contribution in [2.75, 3.05) is 0 Å². The first kappa shape index (κ1) is 21.9. The molecule has 0 saturated carbocycles. The van der Waals surface area contributed by atoms with Crippen LogP contribution in [0.25, 0.3) is 27.6 Å². The second-order valence-electron chi connectivity index (χ2n) is 7.05. The topological polar surface area (TPSA) is 43.1 Å². The Labute approximate surface area is 200 Å². The van der Waals surface area contributed by atoms with E-state index < -0.39 is 12.2 Å². The Morgan fingerprint density at radius 3 is 2.48 bits per heavy atom. The maximum Gasteiger partial charge on any atom is 0.291 e. The van der Waals surface area contributed by atoms with Crippen LogP contribution in [0.4, 0.5) is 13.2 Å². The Balaban J connectivity index is 1.65. The number of halogens is 4. The number of thioether (sulfide) groups is 1. The van der Waals surface area contributed by atoms with E-state index in [4.69, 9.17) is 11.6 Å². The van der Waals surface area contributed by atoms with Gasteiger partial charge in [-0.2, -0.15) is 0 Å². The molecule has 0 atom stereocenters. The van der Waals surface area contributed by atoms with Gasteiger partial charge in [0.25, 0.3) is 6.43 Å². The van der Waals surface area contributed by atoms with Crippen LogP contribution in [0.5, 0.6) is 0 Å². The zero-order chi connectivity index (χ0) is 22.9. The number of nitrogens with zero attached hydrogens (tertiary/aromatic N) is 4. The molecule has 0 aliphatic rings. The van der Waals surface area contributed by atoms with Gasteiger partial charge in [-0.1, -0.05) is 53.3 Å². The highest BCUT2D eigenvalue weighted by molar-refractivity contribution is 7.98. The normalized spacial score (nSPS) is 11.5. The van der Waals surface area contributed by atoms with E-state index in [1.807, 2.05) is 42.6 Å². The van der Waals surface area contributed by atoms with Crippen molar-refractivity contribution in [1.82, 2.24) is 19.6 Å². The fraction of sp³-hybridized carbons (Fsp3) is 0.0870. The van der Waals surface area contributed by atoms with Crippen LogP contribution < -0.4 is 0 Å². The van der Waals surface area contributed by atoms with E-state index in [-0.39, 0.29) is 10.0 Å². The van der Waals surface area contributed by atoms with Gasteiger partial charge in [0, 0.05) is 22.4 Å². The van der Waals surface area contributed by atoms with Crippen LogP contribution in [0.15, 0.2) is 71.8 Å². The highest BCUT2D eigenvalue weighted by Gasteiger charge is 2.23. The van der Waals surface area contributed by atoms with Crippen LogP contribution in [-0.2, 0) is 5.75 Å². The Hall–Kier alpha value is -2.88. The number of fused-ring (bicyclic) bond motifs is 1. The molecule has 3 heterocycles. The van der Waals surface area contributed by atoms with Crippen molar-refractivity contribution in [1.29, 1.82) is 0 Å². The molecule has 2 aromatic carbocycles. The van der Waals surface area contributed by atoms with Gasteiger partial charge in [0.2, 0.25) is 0 Å². The van der Waals surface area contributed by atoms with Crippen LogP contribution in [0, 0.1) is 5.82 Å². The Morgan fingerprint density at radius 2 is 1.79 bits per heavy atom. The van der Waals surface area contributed by atoms with Gasteiger partial charge in [0.1, 0.15) is 11.5 Å². The SMILES string of the molecule is Fc1ccc(-c2nc3c(Cl)cc(SCc4ccccc4)cn3c2-c2nnc(C(F)F)s2)cc1. The van der Waals surface area contributed by atoms with Gasteiger partial charge >= 0.3 is 0 Å². The van der Waals surface area contributed by atoms with E-state index in [2.05, 4.69) is 15.2 Å². The molecule has 0 saturated heterocycles. The standard InChI is InChI=1S/C23H14ClF3N4S2/c24-17-10-16(32-12-13-4-2-1-3-5-13)11-31-19(22-29-30-23(33-22)20(26)27)18(28-21(17)31)14-6-8-15(25)9-7-14/h1-11,20H,12H2. The summed E-state index contributed by atoms with van der Waals surface area (Å²) < 4.78 is 41.7. The summed E-state index contributed by atoms with van der Waals surface area (Å²) in [6.07, 6.45) is -0.876. The van der Waals surface area contributed by atoms with Crippen LogP contribution in [0.3, 0.4) is 0 Å². The molecule has 0 aliphatic carbocycles. The molecule has 5 aromatic rings. The third kappa shape index (κ3) is 4.48. The quantitative estimate of drug-likeness (QED) is 0.225. The van der Waals surface area contributed by atoms with Crippen LogP contribution in [0.1, 0.15) is 17.0 Å². The van der Waals surface area contributed by atoms with Gasteiger partial charge in [0.05, 0.1) is 10.7 Å².